The number of carbonyl (C=O) groups excluding carboxylic acids is 1. The van der Waals surface area contributed by atoms with Crippen LogP contribution in [0.15, 0.2) is 0 Å². The molecule has 0 aliphatic carbocycles. The summed E-state index contributed by atoms with van der Waals surface area (Å²) in [5.41, 5.74) is 0. The SMILES string of the molecule is O=C(NCC1CCS(=O)(=O)C1)NC1CNC1. The third-order valence-corrected chi connectivity index (χ3v) is 4.83. The molecule has 2 aliphatic rings. The number of hydrogen-bond acceptors (Lipinski definition) is 4. The van der Waals surface area contributed by atoms with Gasteiger partial charge in [-0.15, -0.1) is 0 Å². The van der Waals surface area contributed by atoms with Gasteiger partial charge >= 0.3 is 6.03 Å². The third-order valence-electron chi connectivity index (χ3n) is 2.99. The van der Waals surface area contributed by atoms with E-state index in [-0.39, 0.29) is 29.5 Å². The molecule has 0 aromatic rings. The van der Waals surface area contributed by atoms with Crippen LogP contribution < -0.4 is 16.0 Å². The van der Waals surface area contributed by atoms with Crippen molar-refractivity contribution in [2.75, 3.05) is 31.1 Å². The molecular weight excluding hydrogens is 230 g/mol. The molecule has 1 unspecified atom stereocenters. The lowest BCUT2D eigenvalue weighted by atomic mass is 10.1. The molecular formula is C9H17N3O3S. The Morgan fingerprint density at radius 2 is 2.12 bits per heavy atom. The van der Waals surface area contributed by atoms with Crippen molar-refractivity contribution in [1.82, 2.24) is 16.0 Å². The molecule has 3 N–H and O–H groups in total. The highest BCUT2D eigenvalue weighted by molar-refractivity contribution is 7.91. The molecule has 2 amide bonds. The number of rotatable bonds is 3. The minimum atomic E-state index is -2.84. The van der Waals surface area contributed by atoms with Gasteiger partial charge in [0.05, 0.1) is 17.5 Å². The van der Waals surface area contributed by atoms with Crippen molar-refractivity contribution in [3.8, 4) is 0 Å². The average Bonchev–Trinajstić information content (AvgIpc) is 2.49. The van der Waals surface area contributed by atoms with E-state index in [9.17, 15) is 13.2 Å². The summed E-state index contributed by atoms with van der Waals surface area (Å²) in [6, 6.07) is 0.0168. The van der Waals surface area contributed by atoms with Gasteiger partial charge in [0.25, 0.3) is 0 Å². The molecule has 6 nitrogen and oxygen atoms in total. The van der Waals surface area contributed by atoms with Gasteiger partial charge in [0.2, 0.25) is 0 Å². The molecule has 2 fully saturated rings. The van der Waals surface area contributed by atoms with Crippen LogP contribution in [0.4, 0.5) is 4.79 Å². The summed E-state index contributed by atoms with van der Waals surface area (Å²) in [5.74, 6) is 0.543. The lowest BCUT2D eigenvalue weighted by molar-refractivity contribution is 0.230. The molecule has 2 heterocycles. The second kappa shape index (κ2) is 4.58. The van der Waals surface area contributed by atoms with E-state index in [1.165, 1.54) is 0 Å². The van der Waals surface area contributed by atoms with Gasteiger partial charge in [0.1, 0.15) is 0 Å². The van der Waals surface area contributed by atoms with Crippen molar-refractivity contribution in [2.45, 2.75) is 12.5 Å². The van der Waals surface area contributed by atoms with E-state index in [1.54, 1.807) is 0 Å². The molecule has 2 saturated heterocycles. The lowest BCUT2D eigenvalue weighted by Crippen LogP contribution is -2.59. The molecule has 0 spiro atoms. The van der Waals surface area contributed by atoms with Crippen molar-refractivity contribution in [3.63, 3.8) is 0 Å². The topological polar surface area (TPSA) is 87.3 Å². The van der Waals surface area contributed by atoms with E-state index in [0.717, 1.165) is 13.1 Å². The summed E-state index contributed by atoms with van der Waals surface area (Å²) in [6.07, 6.45) is 0.660. The van der Waals surface area contributed by atoms with E-state index in [0.29, 0.717) is 13.0 Å². The highest BCUT2D eigenvalue weighted by atomic mass is 32.2. The maximum atomic E-state index is 11.4. The summed E-state index contributed by atoms with van der Waals surface area (Å²) in [5, 5.41) is 8.57. The zero-order chi connectivity index (χ0) is 11.6. The van der Waals surface area contributed by atoms with Crippen LogP contribution in [-0.2, 0) is 9.84 Å². The molecule has 0 bridgehead atoms. The van der Waals surface area contributed by atoms with Crippen LogP contribution >= 0.6 is 0 Å². The van der Waals surface area contributed by atoms with E-state index in [4.69, 9.17) is 0 Å². The predicted octanol–water partition coefficient (Wildman–Crippen LogP) is -1.31. The quantitative estimate of drug-likeness (QED) is 0.578. The Morgan fingerprint density at radius 1 is 1.38 bits per heavy atom. The number of carbonyl (C=O) groups is 1. The lowest BCUT2D eigenvalue weighted by Gasteiger charge is -2.28. The number of sulfone groups is 1. The summed E-state index contributed by atoms with van der Waals surface area (Å²) in [6.45, 7) is 2.07. The van der Waals surface area contributed by atoms with E-state index < -0.39 is 9.84 Å². The standard InChI is InChI=1S/C9H17N3O3S/c13-9(12-8-4-10-5-8)11-3-7-1-2-16(14,15)6-7/h7-8,10H,1-6H2,(H2,11,12,13). The highest BCUT2D eigenvalue weighted by Crippen LogP contribution is 2.17. The van der Waals surface area contributed by atoms with Crippen molar-refractivity contribution in [3.05, 3.63) is 0 Å². The minimum Gasteiger partial charge on any atom is -0.338 e. The van der Waals surface area contributed by atoms with Crippen LogP contribution in [0, 0.1) is 5.92 Å². The molecule has 0 aromatic carbocycles. The third kappa shape index (κ3) is 3.08. The molecule has 2 aliphatic heterocycles. The van der Waals surface area contributed by atoms with Gasteiger partial charge in [-0.05, 0) is 12.3 Å². The van der Waals surface area contributed by atoms with Crippen LogP contribution in [0.5, 0.6) is 0 Å². The van der Waals surface area contributed by atoms with Gasteiger partial charge < -0.3 is 16.0 Å². The number of amides is 2. The molecule has 2 rings (SSSR count). The van der Waals surface area contributed by atoms with E-state index >= 15 is 0 Å². The molecule has 16 heavy (non-hydrogen) atoms. The Morgan fingerprint density at radius 3 is 2.62 bits per heavy atom. The predicted molar refractivity (Wildman–Crippen MR) is 60.0 cm³/mol. The Hall–Kier alpha value is -0.820. The van der Waals surface area contributed by atoms with Crippen LogP contribution in [0.25, 0.3) is 0 Å². The van der Waals surface area contributed by atoms with Crippen LogP contribution in [-0.4, -0.2) is 51.6 Å². The minimum absolute atomic E-state index is 0.0789. The molecule has 1 atom stereocenters. The fourth-order valence-corrected chi connectivity index (χ4v) is 3.76. The first-order valence-electron chi connectivity index (χ1n) is 5.51. The summed E-state index contributed by atoms with van der Waals surface area (Å²) >= 11 is 0. The van der Waals surface area contributed by atoms with Crippen LogP contribution in [0.1, 0.15) is 6.42 Å². The number of hydrogen-bond donors (Lipinski definition) is 3. The summed E-state index contributed by atoms with van der Waals surface area (Å²) < 4.78 is 22.4. The van der Waals surface area contributed by atoms with E-state index in [2.05, 4.69) is 16.0 Å². The van der Waals surface area contributed by atoms with Gasteiger partial charge in [-0.2, -0.15) is 0 Å². The van der Waals surface area contributed by atoms with Gasteiger partial charge in [0.15, 0.2) is 9.84 Å². The number of urea groups is 1. The fraction of sp³-hybridized carbons (Fsp3) is 0.889. The zero-order valence-electron chi connectivity index (χ0n) is 9.03. The average molecular weight is 247 g/mol. The van der Waals surface area contributed by atoms with Crippen molar-refractivity contribution in [2.24, 2.45) is 5.92 Å². The van der Waals surface area contributed by atoms with Gasteiger partial charge in [-0.25, -0.2) is 13.2 Å². The molecule has 0 radical (unpaired) electrons. The summed E-state index contributed by atoms with van der Waals surface area (Å²) in [7, 11) is -2.84. The monoisotopic (exact) mass is 247 g/mol. The molecule has 0 aromatic heterocycles. The Labute approximate surface area is 95.1 Å². The molecule has 0 saturated carbocycles. The second-order valence-electron chi connectivity index (χ2n) is 4.48. The van der Waals surface area contributed by atoms with Gasteiger partial charge in [-0.3, -0.25) is 0 Å². The second-order valence-corrected chi connectivity index (χ2v) is 6.71. The van der Waals surface area contributed by atoms with E-state index in [1.807, 2.05) is 0 Å². The van der Waals surface area contributed by atoms with Crippen LogP contribution in [0.2, 0.25) is 0 Å². The smallest absolute Gasteiger partial charge is 0.315 e. The van der Waals surface area contributed by atoms with Crippen molar-refractivity contribution >= 4 is 15.9 Å². The van der Waals surface area contributed by atoms with Crippen molar-refractivity contribution in [1.29, 1.82) is 0 Å². The normalized spacial score (nSPS) is 28.4. The zero-order valence-corrected chi connectivity index (χ0v) is 9.85. The van der Waals surface area contributed by atoms with Gasteiger partial charge in [0, 0.05) is 19.6 Å². The van der Waals surface area contributed by atoms with Crippen LogP contribution in [0.3, 0.4) is 0 Å². The maximum absolute atomic E-state index is 11.4. The molecule has 92 valence electrons. The Kier molecular flexibility index (Phi) is 3.34. The highest BCUT2D eigenvalue weighted by Gasteiger charge is 2.28. The largest absolute Gasteiger partial charge is 0.338 e. The van der Waals surface area contributed by atoms with Gasteiger partial charge in [-0.1, -0.05) is 0 Å². The number of nitrogens with one attached hydrogen (secondary N) is 3. The summed E-state index contributed by atoms with van der Waals surface area (Å²) in [4.78, 5) is 11.4. The Balaban J connectivity index is 1.65. The first kappa shape index (κ1) is 11.7. The fourth-order valence-electron chi connectivity index (χ4n) is 1.90. The Bertz CT molecular complexity index is 364. The first-order chi connectivity index (χ1) is 7.55. The maximum Gasteiger partial charge on any atom is 0.315 e. The molecule has 7 heteroatoms. The first-order valence-corrected chi connectivity index (χ1v) is 7.33. The van der Waals surface area contributed by atoms with Crippen molar-refractivity contribution < 1.29 is 13.2 Å².